The van der Waals surface area contributed by atoms with Crippen LogP contribution in [0.1, 0.15) is 5.69 Å². The van der Waals surface area contributed by atoms with Crippen molar-refractivity contribution in [1.29, 1.82) is 0 Å². The number of carbonyl (C=O) groups excluding carboxylic acids is 1. The van der Waals surface area contributed by atoms with E-state index in [1.54, 1.807) is 6.29 Å². The van der Waals surface area contributed by atoms with Crippen LogP contribution in [-0.4, -0.2) is 16.3 Å². The smallest absolute Gasteiger partial charge is 0.253 e. The lowest BCUT2D eigenvalue weighted by molar-refractivity contribution is 0.561. The minimum Gasteiger partial charge on any atom is -0.283 e. The van der Waals surface area contributed by atoms with Crippen molar-refractivity contribution in [3.05, 3.63) is 24.3 Å². The largest absolute Gasteiger partial charge is 0.283 e. The van der Waals surface area contributed by atoms with Gasteiger partial charge in [0.15, 0.2) is 0 Å². The Hall–Kier alpha value is -1.25. The standard InChI is InChI=1S/C5H3N2O/c8-3-5-1-2-6-4-7-5/h1-2,4H. The van der Waals surface area contributed by atoms with Crippen molar-refractivity contribution in [2.24, 2.45) is 0 Å². The Morgan fingerprint density at radius 2 is 2.50 bits per heavy atom. The zero-order valence-corrected chi connectivity index (χ0v) is 4.03. The molecule has 0 bridgehead atoms. The van der Waals surface area contributed by atoms with Crippen molar-refractivity contribution in [3.63, 3.8) is 0 Å². The van der Waals surface area contributed by atoms with Crippen LogP contribution in [-0.2, 0) is 4.79 Å². The summed E-state index contributed by atoms with van der Waals surface area (Å²) in [6, 6.07) is 1.49. The second-order valence-corrected chi connectivity index (χ2v) is 1.20. The van der Waals surface area contributed by atoms with Gasteiger partial charge in [-0.3, -0.25) is 4.79 Å². The normalized spacial score (nSPS) is 8.50. The number of rotatable bonds is 1. The van der Waals surface area contributed by atoms with Crippen molar-refractivity contribution < 1.29 is 4.79 Å². The van der Waals surface area contributed by atoms with Gasteiger partial charge in [-0.1, -0.05) is 0 Å². The molecule has 0 amide bonds. The molecule has 0 aliphatic carbocycles. The molecule has 0 saturated carbocycles. The van der Waals surface area contributed by atoms with Crippen LogP contribution in [0.3, 0.4) is 0 Å². The highest BCUT2D eigenvalue weighted by atomic mass is 16.1. The molecule has 1 aromatic heterocycles. The first-order valence-corrected chi connectivity index (χ1v) is 2.07. The molecular formula is C5H3N2O. The first-order chi connectivity index (χ1) is 3.93. The highest BCUT2D eigenvalue weighted by Crippen LogP contribution is 1.81. The van der Waals surface area contributed by atoms with Crippen LogP contribution in [0.5, 0.6) is 0 Å². The summed E-state index contributed by atoms with van der Waals surface area (Å²) in [5.41, 5.74) is 0.292. The second kappa shape index (κ2) is 2.16. The van der Waals surface area contributed by atoms with Gasteiger partial charge in [-0.2, -0.15) is 0 Å². The zero-order chi connectivity index (χ0) is 5.82. The molecular weight excluding hydrogens is 104 g/mol. The van der Waals surface area contributed by atoms with Crippen molar-refractivity contribution >= 4 is 6.29 Å². The quantitative estimate of drug-likeness (QED) is 0.504. The molecule has 0 N–H and O–H groups in total. The molecule has 0 spiro atoms. The first kappa shape index (κ1) is 4.90. The summed E-state index contributed by atoms with van der Waals surface area (Å²) in [4.78, 5) is 17.0. The summed E-state index contributed by atoms with van der Waals surface area (Å²) in [5.74, 6) is 0. The third-order valence-corrected chi connectivity index (χ3v) is 0.687. The maximum absolute atomic E-state index is 9.79. The summed E-state index contributed by atoms with van der Waals surface area (Å²) in [6.45, 7) is 0. The predicted octanol–water partition coefficient (Wildman–Crippen LogP) is -0.0656. The SMILES string of the molecule is O=[C]c1ccncn1. The molecule has 1 heterocycles. The van der Waals surface area contributed by atoms with E-state index in [2.05, 4.69) is 9.97 Å². The summed E-state index contributed by atoms with van der Waals surface area (Å²) >= 11 is 0. The molecule has 0 atom stereocenters. The first-order valence-electron chi connectivity index (χ1n) is 2.07. The van der Waals surface area contributed by atoms with Crippen molar-refractivity contribution in [2.45, 2.75) is 0 Å². The lowest BCUT2D eigenvalue weighted by Crippen LogP contribution is -1.84. The summed E-state index contributed by atoms with van der Waals surface area (Å²) < 4.78 is 0. The fourth-order valence-electron chi connectivity index (χ4n) is 0.351. The molecule has 39 valence electrons. The molecule has 8 heavy (non-hydrogen) atoms. The van der Waals surface area contributed by atoms with Gasteiger partial charge < -0.3 is 0 Å². The van der Waals surface area contributed by atoms with E-state index in [0.29, 0.717) is 5.69 Å². The third kappa shape index (κ3) is 0.872. The van der Waals surface area contributed by atoms with Crippen LogP contribution >= 0.6 is 0 Å². The highest BCUT2D eigenvalue weighted by Gasteiger charge is 1.84. The van der Waals surface area contributed by atoms with E-state index in [-0.39, 0.29) is 0 Å². The Labute approximate surface area is 46.4 Å². The van der Waals surface area contributed by atoms with Gasteiger partial charge in [-0.15, -0.1) is 0 Å². The van der Waals surface area contributed by atoms with E-state index in [0.717, 1.165) is 0 Å². The van der Waals surface area contributed by atoms with Crippen LogP contribution in [0.2, 0.25) is 0 Å². The van der Waals surface area contributed by atoms with E-state index < -0.39 is 0 Å². The van der Waals surface area contributed by atoms with Gasteiger partial charge in [0.2, 0.25) is 0 Å². The summed E-state index contributed by atoms with van der Waals surface area (Å²) in [6.07, 6.45) is 4.42. The van der Waals surface area contributed by atoms with Gasteiger partial charge >= 0.3 is 0 Å². The number of nitrogens with zero attached hydrogens (tertiary/aromatic N) is 2. The molecule has 0 saturated heterocycles. The monoisotopic (exact) mass is 107 g/mol. The average Bonchev–Trinajstić information content (AvgIpc) is 1.90. The minimum atomic E-state index is 0.292. The molecule has 0 unspecified atom stereocenters. The van der Waals surface area contributed by atoms with Crippen molar-refractivity contribution in [3.8, 4) is 0 Å². The highest BCUT2D eigenvalue weighted by molar-refractivity contribution is 5.71. The number of hydrogen-bond acceptors (Lipinski definition) is 3. The van der Waals surface area contributed by atoms with Crippen LogP contribution in [0, 0.1) is 0 Å². The molecule has 1 rings (SSSR count). The van der Waals surface area contributed by atoms with Crippen LogP contribution in [0.25, 0.3) is 0 Å². The lowest BCUT2D eigenvalue weighted by Gasteiger charge is -1.79. The Morgan fingerprint density at radius 3 is 2.88 bits per heavy atom. The number of hydrogen-bond donors (Lipinski definition) is 0. The Morgan fingerprint density at radius 1 is 1.62 bits per heavy atom. The predicted molar refractivity (Wildman–Crippen MR) is 26.8 cm³/mol. The van der Waals surface area contributed by atoms with Crippen LogP contribution < -0.4 is 0 Å². The zero-order valence-electron chi connectivity index (χ0n) is 4.03. The fourth-order valence-corrected chi connectivity index (χ4v) is 0.351. The van der Waals surface area contributed by atoms with Crippen molar-refractivity contribution in [1.82, 2.24) is 9.97 Å². The van der Waals surface area contributed by atoms with Gasteiger partial charge in [-0.05, 0) is 6.07 Å². The maximum atomic E-state index is 9.79. The van der Waals surface area contributed by atoms with Gasteiger partial charge in [-0.25, -0.2) is 9.97 Å². The van der Waals surface area contributed by atoms with E-state index in [1.165, 1.54) is 18.6 Å². The Bertz CT molecular complexity index is 173. The van der Waals surface area contributed by atoms with Gasteiger partial charge in [0.1, 0.15) is 12.0 Å². The van der Waals surface area contributed by atoms with Crippen molar-refractivity contribution in [2.75, 3.05) is 0 Å². The maximum Gasteiger partial charge on any atom is 0.253 e. The average molecular weight is 107 g/mol. The summed E-state index contributed by atoms with van der Waals surface area (Å²) in [7, 11) is 0. The molecule has 0 aliphatic rings. The third-order valence-electron chi connectivity index (χ3n) is 0.687. The van der Waals surface area contributed by atoms with Gasteiger partial charge in [0, 0.05) is 6.20 Å². The Balaban J connectivity index is 2.99. The summed E-state index contributed by atoms with van der Waals surface area (Å²) in [5, 5.41) is 0. The van der Waals surface area contributed by atoms with Crippen LogP contribution in [0.4, 0.5) is 0 Å². The lowest BCUT2D eigenvalue weighted by atomic mass is 10.5. The van der Waals surface area contributed by atoms with Gasteiger partial charge in [0.25, 0.3) is 6.29 Å². The van der Waals surface area contributed by atoms with Gasteiger partial charge in [0.05, 0.1) is 0 Å². The molecule has 3 heteroatoms. The number of aromatic nitrogens is 2. The molecule has 0 fully saturated rings. The molecule has 0 aliphatic heterocycles. The molecule has 1 radical (unpaired) electrons. The topological polar surface area (TPSA) is 42.9 Å². The van der Waals surface area contributed by atoms with E-state index >= 15 is 0 Å². The fraction of sp³-hybridized carbons (Fsp3) is 0. The molecule has 1 aromatic rings. The minimum absolute atomic E-state index is 0.292. The van der Waals surface area contributed by atoms with E-state index in [9.17, 15) is 4.79 Å². The molecule has 0 aromatic carbocycles. The Kier molecular flexibility index (Phi) is 1.32. The van der Waals surface area contributed by atoms with Crippen LogP contribution in [0.15, 0.2) is 18.6 Å². The van der Waals surface area contributed by atoms with E-state index in [4.69, 9.17) is 0 Å². The second-order valence-electron chi connectivity index (χ2n) is 1.20. The van der Waals surface area contributed by atoms with E-state index in [1.807, 2.05) is 0 Å². The molecule has 3 nitrogen and oxygen atoms in total.